The number of rotatable bonds is 4. The SMILES string of the molecule is C1=CC([Si]2(c3ccccc3)O[SiH2]O[SiH2]O[Si](c3ccccc3)(c3ccccc3)O2)CCC1. The highest BCUT2D eigenvalue weighted by atomic mass is 28.5. The Morgan fingerprint density at radius 2 is 1.25 bits per heavy atom. The Hall–Kier alpha value is -1.89. The van der Waals surface area contributed by atoms with E-state index >= 15 is 0 Å². The second-order valence-corrected chi connectivity index (χ2v) is 18.5. The molecule has 0 aromatic heterocycles. The summed E-state index contributed by atoms with van der Waals surface area (Å²) in [4.78, 5) is 0. The average molecular weight is 493 g/mol. The maximum atomic E-state index is 7.54. The summed E-state index contributed by atoms with van der Waals surface area (Å²) in [7, 11) is -8.40. The third-order valence-corrected chi connectivity index (χ3v) is 19.0. The predicted octanol–water partition coefficient (Wildman–Crippen LogP) is 1.78. The molecule has 2 aliphatic rings. The van der Waals surface area contributed by atoms with Gasteiger partial charge in [0, 0.05) is 5.54 Å². The highest BCUT2D eigenvalue weighted by molar-refractivity contribution is 7.03. The van der Waals surface area contributed by atoms with Crippen molar-refractivity contribution in [3.8, 4) is 0 Å². The molecule has 4 nitrogen and oxygen atoms in total. The lowest BCUT2D eigenvalue weighted by Crippen LogP contribution is -2.74. The highest BCUT2D eigenvalue weighted by Gasteiger charge is 2.57. The van der Waals surface area contributed by atoms with Crippen LogP contribution in [-0.4, -0.2) is 37.1 Å². The smallest absolute Gasteiger partial charge is 0.389 e. The van der Waals surface area contributed by atoms with Gasteiger partial charge in [-0.2, -0.15) is 0 Å². The molecule has 2 unspecified atom stereocenters. The zero-order valence-corrected chi connectivity index (χ0v) is 22.9. The first-order valence-corrected chi connectivity index (χ1v) is 17.2. The topological polar surface area (TPSA) is 36.9 Å². The summed E-state index contributed by atoms with van der Waals surface area (Å²) < 4.78 is 27.3. The Labute approximate surface area is 196 Å². The molecule has 1 fully saturated rings. The molecule has 0 spiro atoms. The maximum absolute atomic E-state index is 7.54. The van der Waals surface area contributed by atoms with Crippen molar-refractivity contribution in [2.45, 2.75) is 24.8 Å². The first kappa shape index (κ1) is 21.9. The highest BCUT2D eigenvalue weighted by Crippen LogP contribution is 2.36. The van der Waals surface area contributed by atoms with E-state index in [2.05, 4.69) is 91.0 Å². The first-order valence-electron chi connectivity index (χ1n) is 11.2. The molecular weight excluding hydrogens is 465 g/mol. The second kappa shape index (κ2) is 9.94. The van der Waals surface area contributed by atoms with Gasteiger partial charge in [0.15, 0.2) is 0 Å². The summed E-state index contributed by atoms with van der Waals surface area (Å²) in [6, 6.07) is 31.6. The molecule has 0 amide bonds. The summed E-state index contributed by atoms with van der Waals surface area (Å²) in [6.07, 6.45) is 7.97. The lowest BCUT2D eigenvalue weighted by Gasteiger charge is -2.46. The van der Waals surface area contributed by atoms with Gasteiger partial charge in [0.1, 0.15) is 0 Å². The van der Waals surface area contributed by atoms with Crippen LogP contribution in [0.3, 0.4) is 0 Å². The average Bonchev–Trinajstić information content (AvgIpc) is 2.87. The Morgan fingerprint density at radius 3 is 1.81 bits per heavy atom. The van der Waals surface area contributed by atoms with E-state index < -0.39 is 37.1 Å². The molecule has 1 aliphatic heterocycles. The largest absolute Gasteiger partial charge is 0.425 e. The van der Waals surface area contributed by atoms with Crippen LogP contribution in [0.2, 0.25) is 5.54 Å². The minimum atomic E-state index is -3.06. The zero-order valence-electron chi connectivity index (χ0n) is 18.1. The van der Waals surface area contributed by atoms with Crippen LogP contribution >= 0.6 is 0 Å². The normalized spacial score (nSPS) is 27.1. The quantitative estimate of drug-likeness (QED) is 0.411. The second-order valence-electron chi connectivity index (χ2n) is 8.18. The fourth-order valence-corrected chi connectivity index (χ4v) is 20.2. The van der Waals surface area contributed by atoms with Crippen molar-refractivity contribution in [3.05, 3.63) is 103 Å². The fourth-order valence-electron chi connectivity index (χ4n) is 4.67. The van der Waals surface area contributed by atoms with Crippen molar-refractivity contribution in [1.82, 2.24) is 0 Å². The van der Waals surface area contributed by atoms with Crippen LogP contribution in [0.1, 0.15) is 19.3 Å². The molecular formula is C24H28O4Si4. The van der Waals surface area contributed by atoms with Crippen molar-refractivity contribution in [1.29, 1.82) is 0 Å². The van der Waals surface area contributed by atoms with Crippen molar-refractivity contribution >= 4 is 52.7 Å². The van der Waals surface area contributed by atoms with Crippen molar-refractivity contribution in [3.63, 3.8) is 0 Å². The first-order chi connectivity index (χ1) is 15.8. The fraction of sp³-hybridized carbons (Fsp3) is 0.167. The van der Waals surface area contributed by atoms with Gasteiger partial charge < -0.3 is 16.5 Å². The molecule has 1 heterocycles. The van der Waals surface area contributed by atoms with Crippen LogP contribution in [0, 0.1) is 0 Å². The Kier molecular flexibility index (Phi) is 6.81. The molecule has 5 rings (SSSR count). The van der Waals surface area contributed by atoms with Gasteiger partial charge in [-0.15, -0.1) is 0 Å². The third kappa shape index (κ3) is 4.20. The predicted molar refractivity (Wildman–Crippen MR) is 138 cm³/mol. The van der Waals surface area contributed by atoms with Gasteiger partial charge >= 0.3 is 17.1 Å². The van der Waals surface area contributed by atoms with E-state index in [0.717, 1.165) is 29.6 Å². The van der Waals surface area contributed by atoms with Crippen molar-refractivity contribution in [2.24, 2.45) is 0 Å². The van der Waals surface area contributed by atoms with E-state index in [9.17, 15) is 0 Å². The van der Waals surface area contributed by atoms with E-state index in [0.29, 0.717) is 0 Å². The summed E-state index contributed by atoms with van der Waals surface area (Å²) in [5, 5.41) is 3.40. The van der Waals surface area contributed by atoms with Crippen molar-refractivity contribution < 1.29 is 16.5 Å². The van der Waals surface area contributed by atoms with Crippen LogP contribution in [-0.2, 0) is 16.5 Å². The summed E-state index contributed by atoms with van der Waals surface area (Å²) in [5.74, 6) is 0. The molecule has 32 heavy (non-hydrogen) atoms. The van der Waals surface area contributed by atoms with Crippen LogP contribution < -0.4 is 15.6 Å². The summed E-state index contributed by atoms with van der Waals surface area (Å²) >= 11 is 0. The number of benzene rings is 3. The van der Waals surface area contributed by atoms with E-state index in [1.165, 1.54) is 5.19 Å². The molecule has 2 atom stereocenters. The van der Waals surface area contributed by atoms with Gasteiger partial charge in [-0.05, 0) is 34.8 Å². The maximum Gasteiger partial charge on any atom is 0.389 e. The van der Waals surface area contributed by atoms with Crippen molar-refractivity contribution in [2.75, 3.05) is 0 Å². The van der Waals surface area contributed by atoms with Crippen LogP contribution in [0.25, 0.3) is 0 Å². The van der Waals surface area contributed by atoms with E-state index in [4.69, 9.17) is 16.5 Å². The molecule has 3 aromatic rings. The van der Waals surface area contributed by atoms with Gasteiger partial charge in [-0.3, -0.25) is 0 Å². The van der Waals surface area contributed by atoms with E-state index in [1.807, 2.05) is 12.1 Å². The number of hydrogen-bond acceptors (Lipinski definition) is 4. The summed E-state index contributed by atoms with van der Waals surface area (Å²) in [5.41, 5.74) is 0.234. The molecule has 0 radical (unpaired) electrons. The van der Waals surface area contributed by atoms with Gasteiger partial charge in [0.2, 0.25) is 0 Å². The van der Waals surface area contributed by atoms with Crippen LogP contribution in [0.15, 0.2) is 103 Å². The molecule has 3 aromatic carbocycles. The Balaban J connectivity index is 1.73. The molecule has 0 N–H and O–H groups in total. The molecule has 1 saturated heterocycles. The Morgan fingerprint density at radius 1 is 0.688 bits per heavy atom. The molecule has 0 bridgehead atoms. The van der Waals surface area contributed by atoms with Gasteiger partial charge in [0.05, 0.1) is 0 Å². The lowest BCUT2D eigenvalue weighted by molar-refractivity contribution is 0.286. The molecule has 8 heteroatoms. The van der Waals surface area contributed by atoms with Gasteiger partial charge in [-0.25, -0.2) is 0 Å². The minimum absolute atomic E-state index is 0.234. The molecule has 1 aliphatic carbocycles. The number of hydrogen-bond donors (Lipinski definition) is 0. The van der Waals surface area contributed by atoms with Gasteiger partial charge in [-0.1, -0.05) is 103 Å². The Bertz CT molecular complexity index is 996. The van der Waals surface area contributed by atoms with E-state index in [-0.39, 0.29) is 5.54 Å². The standard InChI is InChI=1S/C24H28O4Si4/c1-5-13-21(14-6-1)31(22-15-7-2-8-16-22)26-29-25-30-27-32(28-31,23-17-9-3-10-18-23)24-19-11-4-12-20-24/h1-3,5-11,13-19,24H,4,12,20,29-30H2. The van der Waals surface area contributed by atoms with Gasteiger partial charge in [0.25, 0.3) is 20.0 Å². The molecule has 164 valence electrons. The molecule has 0 saturated carbocycles. The number of allylic oxidation sites excluding steroid dienone is 2. The van der Waals surface area contributed by atoms with E-state index in [1.54, 1.807) is 0 Å². The van der Waals surface area contributed by atoms with Crippen LogP contribution in [0.4, 0.5) is 0 Å². The third-order valence-electron chi connectivity index (χ3n) is 6.22. The monoisotopic (exact) mass is 492 g/mol. The van der Waals surface area contributed by atoms with Crippen LogP contribution in [0.5, 0.6) is 0 Å². The minimum Gasteiger partial charge on any atom is -0.425 e. The zero-order chi connectivity index (χ0) is 21.7. The lowest BCUT2D eigenvalue weighted by atomic mass is 10.1. The summed E-state index contributed by atoms with van der Waals surface area (Å²) in [6.45, 7) is 0.